The summed E-state index contributed by atoms with van der Waals surface area (Å²) in [5.74, 6) is 0.383. The maximum absolute atomic E-state index is 13.1. The van der Waals surface area contributed by atoms with Crippen LogP contribution in [0.15, 0.2) is 35.9 Å². The van der Waals surface area contributed by atoms with Gasteiger partial charge >= 0.3 is 0 Å². The lowest BCUT2D eigenvalue weighted by Gasteiger charge is -2.08. The first-order valence-electron chi connectivity index (χ1n) is 5.98. The predicted octanol–water partition coefficient (Wildman–Crippen LogP) is 2.83. The number of hydrogen-bond donors (Lipinski definition) is 2. The molecular formula is C13H12FN5S. The number of halogens is 1. The van der Waals surface area contributed by atoms with Gasteiger partial charge < -0.3 is 10.3 Å². The molecule has 2 N–H and O–H groups in total. The van der Waals surface area contributed by atoms with Crippen LogP contribution in [-0.2, 0) is 6.54 Å². The van der Waals surface area contributed by atoms with E-state index in [1.54, 1.807) is 6.20 Å². The van der Waals surface area contributed by atoms with Gasteiger partial charge in [-0.25, -0.2) is 14.4 Å². The van der Waals surface area contributed by atoms with Crippen LogP contribution in [0, 0.1) is 5.82 Å². The molecule has 0 fully saturated rings. The summed E-state index contributed by atoms with van der Waals surface area (Å²) in [5, 5.41) is 4.79. The highest BCUT2D eigenvalue weighted by Crippen LogP contribution is 2.22. The number of anilines is 1. The Hall–Kier alpha value is -2.15. The number of thioether (sulfide) groups is 1. The van der Waals surface area contributed by atoms with Crippen molar-refractivity contribution >= 4 is 28.6 Å². The van der Waals surface area contributed by atoms with Crippen LogP contribution < -0.4 is 5.32 Å². The summed E-state index contributed by atoms with van der Waals surface area (Å²) < 4.78 is 13.1. The van der Waals surface area contributed by atoms with Crippen molar-refractivity contribution in [3.8, 4) is 0 Å². The summed E-state index contributed by atoms with van der Waals surface area (Å²) >= 11 is 1.47. The molecule has 0 saturated heterocycles. The van der Waals surface area contributed by atoms with E-state index in [4.69, 9.17) is 0 Å². The number of rotatable bonds is 4. The Labute approximate surface area is 119 Å². The van der Waals surface area contributed by atoms with Gasteiger partial charge in [-0.1, -0.05) is 11.8 Å². The molecule has 0 atom stereocenters. The molecular weight excluding hydrogens is 277 g/mol. The largest absolute Gasteiger partial charge is 0.365 e. The van der Waals surface area contributed by atoms with Gasteiger partial charge in [-0.3, -0.25) is 4.98 Å². The van der Waals surface area contributed by atoms with Crippen molar-refractivity contribution in [1.82, 2.24) is 19.9 Å². The average molecular weight is 289 g/mol. The van der Waals surface area contributed by atoms with Crippen LogP contribution in [0.4, 0.5) is 10.2 Å². The van der Waals surface area contributed by atoms with Crippen LogP contribution in [0.1, 0.15) is 5.56 Å². The third-order valence-electron chi connectivity index (χ3n) is 2.80. The molecule has 7 heteroatoms. The molecule has 0 aliphatic heterocycles. The van der Waals surface area contributed by atoms with Gasteiger partial charge in [-0.15, -0.1) is 0 Å². The number of H-pyrrole nitrogens is 1. The zero-order valence-corrected chi connectivity index (χ0v) is 11.5. The molecule has 0 aliphatic rings. The monoisotopic (exact) mass is 289 g/mol. The molecule has 20 heavy (non-hydrogen) atoms. The molecule has 0 amide bonds. The predicted molar refractivity (Wildman–Crippen MR) is 77.2 cm³/mol. The molecule has 0 spiro atoms. The Balaban J connectivity index is 1.88. The maximum atomic E-state index is 13.1. The SMILES string of the molecule is CSc1nc(NCc2cncc(F)c2)c2cc[nH]c2n1. The minimum Gasteiger partial charge on any atom is -0.365 e. The topological polar surface area (TPSA) is 66.5 Å². The number of aromatic nitrogens is 4. The van der Waals surface area contributed by atoms with E-state index in [1.165, 1.54) is 24.0 Å². The third-order valence-corrected chi connectivity index (χ3v) is 3.35. The fraction of sp³-hybridized carbons (Fsp3) is 0.154. The first-order chi connectivity index (χ1) is 9.76. The lowest BCUT2D eigenvalue weighted by molar-refractivity contribution is 0.619. The van der Waals surface area contributed by atoms with Gasteiger partial charge in [0.25, 0.3) is 0 Å². The van der Waals surface area contributed by atoms with E-state index in [0.717, 1.165) is 22.4 Å². The highest BCUT2D eigenvalue weighted by Gasteiger charge is 2.08. The number of nitrogens with one attached hydrogen (secondary N) is 2. The van der Waals surface area contributed by atoms with E-state index in [1.807, 2.05) is 18.5 Å². The van der Waals surface area contributed by atoms with E-state index in [2.05, 4.69) is 25.3 Å². The molecule has 0 saturated carbocycles. The normalized spacial score (nSPS) is 10.9. The summed E-state index contributed by atoms with van der Waals surface area (Å²) in [6, 6.07) is 3.36. The Morgan fingerprint density at radius 1 is 1.35 bits per heavy atom. The standard InChI is InChI=1S/C13H12FN5S/c1-20-13-18-11-10(2-3-16-11)12(19-13)17-6-8-4-9(14)7-15-5-8/h2-5,7H,6H2,1H3,(H2,16,17,18,19). The van der Waals surface area contributed by atoms with Gasteiger partial charge in [0.1, 0.15) is 17.3 Å². The van der Waals surface area contributed by atoms with Crippen LogP contribution in [0.3, 0.4) is 0 Å². The molecule has 0 unspecified atom stereocenters. The number of aromatic amines is 1. The van der Waals surface area contributed by atoms with Gasteiger partial charge in [0, 0.05) is 18.9 Å². The van der Waals surface area contributed by atoms with Crippen LogP contribution >= 0.6 is 11.8 Å². The zero-order valence-electron chi connectivity index (χ0n) is 10.7. The highest BCUT2D eigenvalue weighted by molar-refractivity contribution is 7.98. The van der Waals surface area contributed by atoms with Gasteiger partial charge in [0.05, 0.1) is 11.6 Å². The molecule has 0 aliphatic carbocycles. The first kappa shape index (κ1) is 12.9. The summed E-state index contributed by atoms with van der Waals surface area (Å²) in [5.41, 5.74) is 1.54. The Morgan fingerprint density at radius 3 is 3.05 bits per heavy atom. The van der Waals surface area contributed by atoms with E-state index in [0.29, 0.717) is 11.7 Å². The molecule has 3 rings (SSSR count). The Morgan fingerprint density at radius 2 is 2.25 bits per heavy atom. The minimum atomic E-state index is -0.344. The van der Waals surface area contributed by atoms with E-state index >= 15 is 0 Å². The van der Waals surface area contributed by atoms with Crippen molar-refractivity contribution in [3.05, 3.63) is 42.1 Å². The minimum absolute atomic E-state index is 0.344. The van der Waals surface area contributed by atoms with E-state index in [-0.39, 0.29) is 5.82 Å². The van der Waals surface area contributed by atoms with Crippen molar-refractivity contribution in [3.63, 3.8) is 0 Å². The molecule has 3 heterocycles. The number of hydrogen-bond acceptors (Lipinski definition) is 5. The van der Waals surface area contributed by atoms with Crippen molar-refractivity contribution in [1.29, 1.82) is 0 Å². The van der Waals surface area contributed by atoms with Crippen LogP contribution in [0.2, 0.25) is 0 Å². The Kier molecular flexibility index (Phi) is 3.51. The Bertz CT molecular complexity index is 742. The molecule has 3 aromatic rings. The molecule has 0 bridgehead atoms. The second-order valence-electron chi connectivity index (χ2n) is 4.16. The lowest BCUT2D eigenvalue weighted by Crippen LogP contribution is -2.04. The van der Waals surface area contributed by atoms with Crippen LogP contribution in [-0.4, -0.2) is 26.2 Å². The molecule has 3 aromatic heterocycles. The fourth-order valence-corrected chi connectivity index (χ4v) is 2.25. The van der Waals surface area contributed by atoms with Gasteiger partial charge in [-0.2, -0.15) is 0 Å². The summed E-state index contributed by atoms with van der Waals surface area (Å²) in [4.78, 5) is 15.7. The zero-order chi connectivity index (χ0) is 13.9. The smallest absolute Gasteiger partial charge is 0.191 e. The second-order valence-corrected chi connectivity index (χ2v) is 4.94. The molecule has 102 valence electrons. The molecule has 0 radical (unpaired) electrons. The quantitative estimate of drug-likeness (QED) is 0.571. The van der Waals surface area contributed by atoms with E-state index in [9.17, 15) is 4.39 Å². The van der Waals surface area contributed by atoms with Crippen molar-refractivity contribution in [2.75, 3.05) is 11.6 Å². The average Bonchev–Trinajstić information content (AvgIpc) is 2.93. The second kappa shape index (κ2) is 5.46. The van der Waals surface area contributed by atoms with Crippen molar-refractivity contribution in [2.24, 2.45) is 0 Å². The van der Waals surface area contributed by atoms with Gasteiger partial charge in [-0.05, 0) is 24.0 Å². The fourth-order valence-electron chi connectivity index (χ4n) is 1.89. The summed E-state index contributed by atoms with van der Waals surface area (Å²) in [7, 11) is 0. The lowest BCUT2D eigenvalue weighted by atomic mass is 10.3. The highest BCUT2D eigenvalue weighted by atomic mass is 32.2. The molecule has 0 aromatic carbocycles. The molecule has 5 nitrogen and oxygen atoms in total. The number of nitrogens with zero attached hydrogens (tertiary/aromatic N) is 3. The van der Waals surface area contributed by atoms with Crippen molar-refractivity contribution in [2.45, 2.75) is 11.7 Å². The van der Waals surface area contributed by atoms with Gasteiger partial charge in [0.2, 0.25) is 0 Å². The maximum Gasteiger partial charge on any atom is 0.191 e. The summed E-state index contributed by atoms with van der Waals surface area (Å²) in [6.07, 6.45) is 6.55. The van der Waals surface area contributed by atoms with E-state index < -0.39 is 0 Å². The first-order valence-corrected chi connectivity index (χ1v) is 7.21. The summed E-state index contributed by atoms with van der Waals surface area (Å²) in [6.45, 7) is 0.454. The third kappa shape index (κ3) is 2.57. The van der Waals surface area contributed by atoms with Crippen LogP contribution in [0.5, 0.6) is 0 Å². The van der Waals surface area contributed by atoms with Gasteiger partial charge in [0.15, 0.2) is 5.16 Å². The van der Waals surface area contributed by atoms with Crippen LogP contribution in [0.25, 0.3) is 11.0 Å². The number of pyridine rings is 1. The number of fused-ring (bicyclic) bond motifs is 1. The van der Waals surface area contributed by atoms with Crippen molar-refractivity contribution < 1.29 is 4.39 Å².